The zero-order valence-corrected chi connectivity index (χ0v) is 8.34. The van der Waals surface area contributed by atoms with Crippen molar-refractivity contribution in [3.63, 3.8) is 0 Å². The molecule has 0 unspecified atom stereocenters. The number of rotatable bonds is 0. The van der Waals surface area contributed by atoms with Gasteiger partial charge in [-0.1, -0.05) is 13.3 Å². The number of hydrogen-bond donors (Lipinski definition) is 1. The Balaban J connectivity index is 2.00. The van der Waals surface area contributed by atoms with Crippen molar-refractivity contribution in [2.75, 3.05) is 0 Å². The predicted molar refractivity (Wildman–Crippen MR) is 52.1 cm³/mol. The zero-order valence-electron chi connectivity index (χ0n) is 8.34. The minimum atomic E-state index is 0.770. The fourth-order valence-electron chi connectivity index (χ4n) is 3.03. The molecule has 2 rings (SSSR count). The standard InChI is InChI=1S/C11H21N/c1-8-4-3-5-10-7-6-9(2)12-11(8)10/h8-12H,3-7H2,1-2H3/t8-,9+,10+,11-/m1/s1. The summed E-state index contributed by atoms with van der Waals surface area (Å²) < 4.78 is 0. The summed E-state index contributed by atoms with van der Waals surface area (Å²) in [6.45, 7) is 4.75. The first kappa shape index (κ1) is 8.55. The highest BCUT2D eigenvalue weighted by Crippen LogP contribution is 2.35. The van der Waals surface area contributed by atoms with Crippen molar-refractivity contribution < 1.29 is 0 Å². The summed E-state index contributed by atoms with van der Waals surface area (Å²) in [6, 6.07) is 1.62. The topological polar surface area (TPSA) is 12.0 Å². The van der Waals surface area contributed by atoms with E-state index in [0.29, 0.717) is 0 Å². The second-order valence-electron chi connectivity index (χ2n) is 4.84. The van der Waals surface area contributed by atoms with E-state index in [2.05, 4.69) is 19.2 Å². The summed E-state index contributed by atoms with van der Waals surface area (Å²) in [5.41, 5.74) is 0. The van der Waals surface area contributed by atoms with Gasteiger partial charge in [-0.15, -0.1) is 0 Å². The fraction of sp³-hybridized carbons (Fsp3) is 1.00. The van der Waals surface area contributed by atoms with E-state index in [4.69, 9.17) is 0 Å². The number of fused-ring (bicyclic) bond motifs is 1. The molecular formula is C11H21N. The summed E-state index contributed by atoms with van der Waals surface area (Å²) in [5, 5.41) is 3.77. The van der Waals surface area contributed by atoms with Crippen LogP contribution in [0.5, 0.6) is 0 Å². The molecule has 0 aromatic carbocycles. The van der Waals surface area contributed by atoms with Crippen LogP contribution in [0.4, 0.5) is 0 Å². The van der Waals surface area contributed by atoms with Gasteiger partial charge < -0.3 is 5.32 Å². The van der Waals surface area contributed by atoms with Gasteiger partial charge in [-0.3, -0.25) is 0 Å². The second-order valence-corrected chi connectivity index (χ2v) is 4.84. The van der Waals surface area contributed by atoms with Gasteiger partial charge in [0.2, 0.25) is 0 Å². The van der Waals surface area contributed by atoms with E-state index in [-0.39, 0.29) is 0 Å². The molecule has 2 aliphatic rings. The second kappa shape index (κ2) is 3.37. The van der Waals surface area contributed by atoms with Crippen LogP contribution in [0.1, 0.15) is 46.0 Å². The molecule has 1 saturated carbocycles. The Morgan fingerprint density at radius 1 is 1.00 bits per heavy atom. The predicted octanol–water partition coefficient (Wildman–Crippen LogP) is 2.56. The largest absolute Gasteiger partial charge is 0.311 e. The third kappa shape index (κ3) is 1.52. The molecule has 0 bridgehead atoms. The smallest absolute Gasteiger partial charge is 0.0123 e. The lowest BCUT2D eigenvalue weighted by atomic mass is 9.73. The minimum Gasteiger partial charge on any atom is -0.311 e. The fourth-order valence-corrected chi connectivity index (χ4v) is 3.03. The molecule has 1 nitrogen and oxygen atoms in total. The van der Waals surface area contributed by atoms with Crippen molar-refractivity contribution >= 4 is 0 Å². The lowest BCUT2D eigenvalue weighted by molar-refractivity contribution is 0.134. The van der Waals surface area contributed by atoms with Crippen LogP contribution >= 0.6 is 0 Å². The Morgan fingerprint density at radius 2 is 1.83 bits per heavy atom. The molecule has 1 aliphatic heterocycles. The SMILES string of the molecule is C[C@@H]1CCC[C@H]2CC[C@H](C)N[C@@H]21. The molecular weight excluding hydrogens is 146 g/mol. The Morgan fingerprint density at radius 3 is 2.67 bits per heavy atom. The normalized spacial score (nSPS) is 48.5. The molecule has 0 aromatic rings. The summed E-state index contributed by atoms with van der Waals surface area (Å²) in [5.74, 6) is 1.93. The van der Waals surface area contributed by atoms with E-state index in [1.807, 2.05) is 0 Å². The van der Waals surface area contributed by atoms with Crippen LogP contribution in [-0.2, 0) is 0 Å². The molecule has 1 saturated heterocycles. The van der Waals surface area contributed by atoms with Crippen molar-refractivity contribution in [2.24, 2.45) is 11.8 Å². The van der Waals surface area contributed by atoms with Crippen LogP contribution in [-0.4, -0.2) is 12.1 Å². The van der Waals surface area contributed by atoms with Gasteiger partial charge in [0, 0.05) is 12.1 Å². The molecule has 0 amide bonds. The van der Waals surface area contributed by atoms with Gasteiger partial charge >= 0.3 is 0 Å². The maximum atomic E-state index is 3.77. The van der Waals surface area contributed by atoms with Gasteiger partial charge in [-0.25, -0.2) is 0 Å². The van der Waals surface area contributed by atoms with Crippen LogP contribution in [0, 0.1) is 11.8 Å². The summed E-state index contributed by atoms with van der Waals surface area (Å²) in [4.78, 5) is 0. The monoisotopic (exact) mass is 167 g/mol. The average molecular weight is 167 g/mol. The maximum Gasteiger partial charge on any atom is 0.0123 e. The van der Waals surface area contributed by atoms with E-state index in [1.54, 1.807) is 0 Å². The molecule has 4 atom stereocenters. The molecule has 0 spiro atoms. The quantitative estimate of drug-likeness (QED) is 0.584. The third-order valence-corrected chi connectivity index (χ3v) is 3.80. The van der Waals surface area contributed by atoms with Gasteiger partial charge in [-0.05, 0) is 44.4 Å². The van der Waals surface area contributed by atoms with Crippen LogP contribution in [0.2, 0.25) is 0 Å². The summed E-state index contributed by atoms with van der Waals surface area (Å²) in [7, 11) is 0. The lowest BCUT2D eigenvalue weighted by Gasteiger charge is -2.43. The summed E-state index contributed by atoms with van der Waals surface area (Å²) in [6.07, 6.45) is 7.27. The van der Waals surface area contributed by atoms with Gasteiger partial charge in [0.25, 0.3) is 0 Å². The van der Waals surface area contributed by atoms with Crippen LogP contribution in [0.3, 0.4) is 0 Å². The van der Waals surface area contributed by atoms with Crippen LogP contribution in [0.15, 0.2) is 0 Å². The minimum absolute atomic E-state index is 0.770. The summed E-state index contributed by atoms with van der Waals surface area (Å²) >= 11 is 0. The van der Waals surface area contributed by atoms with E-state index in [0.717, 1.165) is 23.9 Å². The maximum absolute atomic E-state index is 3.77. The van der Waals surface area contributed by atoms with Crippen molar-refractivity contribution in [3.05, 3.63) is 0 Å². The first-order valence-electron chi connectivity index (χ1n) is 5.53. The Bertz CT molecular complexity index is 155. The molecule has 1 heteroatoms. The number of nitrogens with one attached hydrogen (secondary N) is 1. The molecule has 0 aromatic heterocycles. The number of piperidine rings is 1. The van der Waals surface area contributed by atoms with E-state index >= 15 is 0 Å². The highest BCUT2D eigenvalue weighted by Gasteiger charge is 2.34. The van der Waals surface area contributed by atoms with E-state index < -0.39 is 0 Å². The van der Waals surface area contributed by atoms with Crippen molar-refractivity contribution in [2.45, 2.75) is 58.0 Å². The molecule has 2 fully saturated rings. The Hall–Kier alpha value is -0.0400. The molecule has 1 aliphatic carbocycles. The van der Waals surface area contributed by atoms with E-state index in [1.165, 1.54) is 32.1 Å². The Kier molecular flexibility index (Phi) is 2.40. The molecule has 0 radical (unpaired) electrons. The van der Waals surface area contributed by atoms with Crippen LogP contribution < -0.4 is 5.32 Å². The zero-order chi connectivity index (χ0) is 8.55. The lowest BCUT2D eigenvalue weighted by Crippen LogP contribution is -2.51. The van der Waals surface area contributed by atoms with Gasteiger partial charge in [0.05, 0.1) is 0 Å². The van der Waals surface area contributed by atoms with Crippen LogP contribution in [0.25, 0.3) is 0 Å². The van der Waals surface area contributed by atoms with Crippen molar-refractivity contribution in [1.29, 1.82) is 0 Å². The molecule has 12 heavy (non-hydrogen) atoms. The molecule has 1 heterocycles. The van der Waals surface area contributed by atoms with Crippen molar-refractivity contribution in [3.8, 4) is 0 Å². The first-order chi connectivity index (χ1) is 5.77. The van der Waals surface area contributed by atoms with E-state index in [9.17, 15) is 0 Å². The van der Waals surface area contributed by atoms with Gasteiger partial charge in [0.15, 0.2) is 0 Å². The molecule has 70 valence electrons. The number of hydrogen-bond acceptors (Lipinski definition) is 1. The third-order valence-electron chi connectivity index (χ3n) is 3.80. The first-order valence-corrected chi connectivity index (χ1v) is 5.53. The Labute approximate surface area is 75.9 Å². The van der Waals surface area contributed by atoms with Crippen molar-refractivity contribution in [1.82, 2.24) is 5.32 Å². The highest BCUT2D eigenvalue weighted by atomic mass is 15.0. The molecule has 1 N–H and O–H groups in total. The highest BCUT2D eigenvalue weighted by molar-refractivity contribution is 4.90. The van der Waals surface area contributed by atoms with Gasteiger partial charge in [0.1, 0.15) is 0 Å². The van der Waals surface area contributed by atoms with Gasteiger partial charge in [-0.2, -0.15) is 0 Å². The average Bonchev–Trinajstić information content (AvgIpc) is 2.07.